The highest BCUT2D eigenvalue weighted by atomic mass is 16.5. The first-order valence-electron chi connectivity index (χ1n) is 8.75. The zero-order chi connectivity index (χ0) is 19.1. The van der Waals surface area contributed by atoms with Crippen LogP contribution in [-0.4, -0.2) is 25.0 Å². The van der Waals surface area contributed by atoms with Crippen LogP contribution in [0.5, 0.6) is 0 Å². The minimum absolute atomic E-state index is 0.305. The number of benzene rings is 3. The van der Waals surface area contributed by atoms with Crippen molar-refractivity contribution in [2.45, 2.75) is 12.5 Å². The van der Waals surface area contributed by atoms with Gasteiger partial charge in [0.25, 0.3) is 5.91 Å². The van der Waals surface area contributed by atoms with E-state index < -0.39 is 12.0 Å². The van der Waals surface area contributed by atoms with Crippen molar-refractivity contribution < 1.29 is 14.3 Å². The van der Waals surface area contributed by atoms with Gasteiger partial charge in [0.2, 0.25) is 0 Å². The first kappa shape index (κ1) is 18.4. The molecule has 0 saturated heterocycles. The number of carbonyl (C=O) groups excluding carboxylic acids is 2. The van der Waals surface area contributed by atoms with Gasteiger partial charge in [-0.1, -0.05) is 72.8 Å². The van der Waals surface area contributed by atoms with Crippen LogP contribution in [0.2, 0.25) is 0 Å². The summed E-state index contributed by atoms with van der Waals surface area (Å²) in [6, 6.07) is 26.0. The fourth-order valence-electron chi connectivity index (χ4n) is 2.87. The molecular weight excluding hydrogens is 338 g/mol. The quantitative estimate of drug-likeness (QED) is 0.680. The van der Waals surface area contributed by atoms with Crippen LogP contribution >= 0.6 is 0 Å². The largest absolute Gasteiger partial charge is 0.467 e. The molecule has 1 amide bonds. The third-order valence-electron chi connectivity index (χ3n) is 4.33. The topological polar surface area (TPSA) is 55.4 Å². The highest BCUT2D eigenvalue weighted by Crippen LogP contribution is 2.19. The summed E-state index contributed by atoms with van der Waals surface area (Å²) < 4.78 is 4.84. The Hall–Kier alpha value is -3.40. The Labute approximate surface area is 158 Å². The fourth-order valence-corrected chi connectivity index (χ4v) is 2.87. The van der Waals surface area contributed by atoms with Gasteiger partial charge in [-0.25, -0.2) is 4.79 Å². The van der Waals surface area contributed by atoms with Crippen molar-refractivity contribution in [3.63, 3.8) is 0 Å². The van der Waals surface area contributed by atoms with Crippen molar-refractivity contribution in [2.24, 2.45) is 0 Å². The molecule has 3 aromatic rings. The monoisotopic (exact) mass is 359 g/mol. The maximum absolute atomic E-state index is 12.6. The van der Waals surface area contributed by atoms with E-state index in [2.05, 4.69) is 5.32 Å². The van der Waals surface area contributed by atoms with Crippen LogP contribution in [0.4, 0.5) is 0 Å². The molecule has 3 aromatic carbocycles. The van der Waals surface area contributed by atoms with Crippen molar-refractivity contribution in [3.05, 3.63) is 96.1 Å². The molecule has 0 unspecified atom stereocenters. The molecule has 0 aliphatic heterocycles. The van der Waals surface area contributed by atoms with Gasteiger partial charge in [0.15, 0.2) is 0 Å². The Kier molecular flexibility index (Phi) is 6.00. The molecule has 0 heterocycles. The Morgan fingerprint density at radius 3 is 1.96 bits per heavy atom. The van der Waals surface area contributed by atoms with E-state index in [1.54, 1.807) is 12.1 Å². The van der Waals surface area contributed by atoms with Crippen molar-refractivity contribution in [2.75, 3.05) is 7.11 Å². The van der Waals surface area contributed by atoms with Gasteiger partial charge >= 0.3 is 5.97 Å². The van der Waals surface area contributed by atoms with Crippen LogP contribution in [-0.2, 0) is 16.0 Å². The molecule has 3 rings (SSSR count). The van der Waals surface area contributed by atoms with Crippen LogP contribution in [0.25, 0.3) is 11.1 Å². The van der Waals surface area contributed by atoms with E-state index in [-0.39, 0.29) is 5.91 Å². The first-order chi connectivity index (χ1) is 13.2. The molecule has 0 aliphatic carbocycles. The predicted octanol–water partition coefficient (Wildman–Crippen LogP) is 3.87. The van der Waals surface area contributed by atoms with E-state index in [1.165, 1.54) is 7.11 Å². The number of hydrogen-bond acceptors (Lipinski definition) is 3. The van der Waals surface area contributed by atoms with Gasteiger partial charge < -0.3 is 10.1 Å². The summed E-state index contributed by atoms with van der Waals surface area (Å²) in [6.07, 6.45) is 0.376. The lowest BCUT2D eigenvalue weighted by Gasteiger charge is -2.17. The molecule has 0 aliphatic rings. The van der Waals surface area contributed by atoms with Crippen molar-refractivity contribution in [1.82, 2.24) is 5.32 Å². The second kappa shape index (κ2) is 8.81. The highest BCUT2D eigenvalue weighted by Gasteiger charge is 2.22. The number of methoxy groups -OCH3 is 1. The maximum atomic E-state index is 12.6. The number of rotatable bonds is 6. The molecule has 0 spiro atoms. The number of amides is 1. The van der Waals surface area contributed by atoms with Crippen LogP contribution < -0.4 is 5.32 Å². The zero-order valence-electron chi connectivity index (χ0n) is 15.1. The number of ether oxygens (including phenoxy) is 1. The summed E-state index contributed by atoms with van der Waals surface area (Å²) in [6.45, 7) is 0. The molecule has 136 valence electrons. The number of esters is 1. The molecule has 0 fully saturated rings. The average Bonchev–Trinajstić information content (AvgIpc) is 2.74. The summed E-state index contributed by atoms with van der Waals surface area (Å²) >= 11 is 0. The minimum atomic E-state index is -0.737. The van der Waals surface area contributed by atoms with E-state index in [4.69, 9.17) is 4.74 Å². The van der Waals surface area contributed by atoms with E-state index >= 15 is 0 Å². The first-order valence-corrected chi connectivity index (χ1v) is 8.75. The Morgan fingerprint density at radius 2 is 1.37 bits per heavy atom. The fraction of sp³-hybridized carbons (Fsp3) is 0.130. The number of hydrogen-bond donors (Lipinski definition) is 1. The lowest BCUT2D eigenvalue weighted by molar-refractivity contribution is -0.142. The lowest BCUT2D eigenvalue weighted by atomic mass is 10.0. The molecular formula is C23H21NO3. The second-order valence-electron chi connectivity index (χ2n) is 6.18. The maximum Gasteiger partial charge on any atom is 0.328 e. The molecule has 1 N–H and O–H groups in total. The van der Waals surface area contributed by atoms with Gasteiger partial charge in [0.1, 0.15) is 6.04 Å². The SMILES string of the molecule is COC(=O)[C@H](Cc1ccccc1)NC(=O)c1ccc(-c2ccccc2)cc1. The van der Waals surface area contributed by atoms with Crippen molar-refractivity contribution >= 4 is 11.9 Å². The molecule has 27 heavy (non-hydrogen) atoms. The third-order valence-corrected chi connectivity index (χ3v) is 4.33. The normalized spacial score (nSPS) is 11.4. The van der Waals surface area contributed by atoms with Gasteiger partial charge in [-0.3, -0.25) is 4.79 Å². The van der Waals surface area contributed by atoms with Crippen LogP contribution in [0.3, 0.4) is 0 Å². The summed E-state index contributed by atoms with van der Waals surface area (Å²) in [4.78, 5) is 24.7. The van der Waals surface area contributed by atoms with Crippen molar-refractivity contribution in [1.29, 1.82) is 0 Å². The van der Waals surface area contributed by atoms with Gasteiger partial charge in [-0.2, -0.15) is 0 Å². The van der Waals surface area contributed by atoms with E-state index in [0.717, 1.165) is 16.7 Å². The van der Waals surface area contributed by atoms with Crippen molar-refractivity contribution in [3.8, 4) is 11.1 Å². The number of nitrogens with one attached hydrogen (secondary N) is 1. The third kappa shape index (κ3) is 4.82. The number of carbonyl (C=O) groups is 2. The summed E-state index contributed by atoms with van der Waals surface area (Å²) in [5.41, 5.74) is 3.56. The molecule has 0 saturated carbocycles. The van der Waals surface area contributed by atoms with Gasteiger partial charge in [0, 0.05) is 12.0 Å². The van der Waals surface area contributed by atoms with Gasteiger partial charge in [-0.15, -0.1) is 0 Å². The smallest absolute Gasteiger partial charge is 0.328 e. The summed E-state index contributed by atoms with van der Waals surface area (Å²) in [7, 11) is 1.32. The molecule has 0 aromatic heterocycles. The van der Waals surface area contributed by atoms with Crippen LogP contribution in [0.15, 0.2) is 84.9 Å². The average molecular weight is 359 g/mol. The van der Waals surface area contributed by atoms with Crippen LogP contribution in [0.1, 0.15) is 15.9 Å². The van der Waals surface area contributed by atoms with E-state index in [0.29, 0.717) is 12.0 Å². The molecule has 0 radical (unpaired) electrons. The predicted molar refractivity (Wildman–Crippen MR) is 105 cm³/mol. The van der Waals surface area contributed by atoms with Gasteiger partial charge in [0.05, 0.1) is 7.11 Å². The molecule has 4 heteroatoms. The van der Waals surface area contributed by atoms with Gasteiger partial charge in [-0.05, 0) is 28.8 Å². The zero-order valence-corrected chi connectivity index (χ0v) is 15.1. The Morgan fingerprint density at radius 1 is 0.815 bits per heavy atom. The molecule has 4 nitrogen and oxygen atoms in total. The Balaban J connectivity index is 1.72. The Bertz CT molecular complexity index is 890. The minimum Gasteiger partial charge on any atom is -0.467 e. The summed E-state index contributed by atoms with van der Waals surface area (Å²) in [5, 5.41) is 2.78. The van der Waals surface area contributed by atoms with E-state index in [9.17, 15) is 9.59 Å². The highest BCUT2D eigenvalue weighted by molar-refractivity contribution is 5.97. The van der Waals surface area contributed by atoms with E-state index in [1.807, 2.05) is 72.8 Å². The standard InChI is InChI=1S/C23H21NO3/c1-27-23(26)21(16-17-8-4-2-5-9-17)24-22(25)20-14-12-19(13-15-20)18-10-6-3-7-11-18/h2-15,21H,16H2,1H3,(H,24,25)/t21-/m0/s1. The molecule has 0 bridgehead atoms. The lowest BCUT2D eigenvalue weighted by Crippen LogP contribution is -2.43. The summed E-state index contributed by atoms with van der Waals surface area (Å²) in [5.74, 6) is -0.769. The second-order valence-corrected chi connectivity index (χ2v) is 6.18. The van der Waals surface area contributed by atoms with Crippen LogP contribution in [0, 0.1) is 0 Å². The molecule has 1 atom stereocenters.